The third-order valence-electron chi connectivity index (χ3n) is 2.24. The maximum absolute atomic E-state index is 11.2. The van der Waals surface area contributed by atoms with Crippen LogP contribution in [0, 0.1) is 0 Å². The Labute approximate surface area is 89.2 Å². The largest absolute Gasteiger partial charge is 0.426 e. The number of rotatable bonds is 4. The lowest BCUT2D eigenvalue weighted by Crippen LogP contribution is -2.19. The molecule has 0 aromatic rings. The van der Waals surface area contributed by atoms with Crippen molar-refractivity contribution in [3.05, 3.63) is 24.5 Å². The highest BCUT2D eigenvalue weighted by Crippen LogP contribution is 2.25. The van der Waals surface area contributed by atoms with E-state index in [9.17, 15) is 4.79 Å². The van der Waals surface area contributed by atoms with E-state index < -0.39 is 5.97 Å². The van der Waals surface area contributed by atoms with Crippen LogP contribution in [-0.4, -0.2) is 29.9 Å². The van der Waals surface area contributed by atoms with E-state index in [0.29, 0.717) is 17.8 Å². The third kappa shape index (κ3) is 3.18. The Morgan fingerprint density at radius 2 is 2.20 bits per heavy atom. The van der Waals surface area contributed by atoms with Gasteiger partial charge in [-0.15, -0.1) is 0 Å². The highest BCUT2D eigenvalue weighted by atomic mass is 16.6. The molecule has 1 heterocycles. The molecule has 0 aliphatic carbocycles. The van der Waals surface area contributed by atoms with Crippen LogP contribution in [0.15, 0.2) is 24.5 Å². The van der Waals surface area contributed by atoms with Gasteiger partial charge in [-0.2, -0.15) is 0 Å². The Morgan fingerprint density at radius 1 is 1.53 bits per heavy atom. The van der Waals surface area contributed by atoms with Crippen LogP contribution in [0.25, 0.3) is 0 Å². The van der Waals surface area contributed by atoms with Crippen molar-refractivity contribution in [1.29, 1.82) is 0 Å². The van der Waals surface area contributed by atoms with Gasteiger partial charge in [-0.25, -0.2) is 4.79 Å². The molecule has 0 spiro atoms. The summed E-state index contributed by atoms with van der Waals surface area (Å²) >= 11 is 0. The molecular weight excluding hydrogens is 196 g/mol. The molecule has 1 rings (SSSR count). The van der Waals surface area contributed by atoms with E-state index in [1.54, 1.807) is 6.92 Å². The molecule has 1 N–H and O–H groups in total. The second-order valence-electron chi connectivity index (χ2n) is 3.64. The van der Waals surface area contributed by atoms with Gasteiger partial charge in [0.05, 0.1) is 12.7 Å². The van der Waals surface area contributed by atoms with Gasteiger partial charge in [-0.3, -0.25) is 0 Å². The van der Waals surface area contributed by atoms with E-state index in [-0.39, 0.29) is 18.8 Å². The van der Waals surface area contributed by atoms with E-state index in [1.807, 2.05) is 0 Å². The van der Waals surface area contributed by atoms with Gasteiger partial charge in [0.1, 0.15) is 11.9 Å². The van der Waals surface area contributed by atoms with Crippen LogP contribution in [-0.2, 0) is 14.3 Å². The Kier molecular flexibility index (Phi) is 4.05. The average molecular weight is 212 g/mol. The zero-order valence-corrected chi connectivity index (χ0v) is 8.86. The molecule has 2 atom stereocenters. The predicted molar refractivity (Wildman–Crippen MR) is 55.0 cm³/mol. The van der Waals surface area contributed by atoms with Crippen LogP contribution >= 0.6 is 0 Å². The van der Waals surface area contributed by atoms with Crippen molar-refractivity contribution in [1.82, 2.24) is 0 Å². The molecule has 0 amide bonds. The normalized spacial score (nSPS) is 24.9. The number of aliphatic hydroxyl groups is 1. The van der Waals surface area contributed by atoms with Crippen molar-refractivity contribution in [2.75, 3.05) is 6.61 Å². The Morgan fingerprint density at radius 3 is 2.67 bits per heavy atom. The molecule has 0 radical (unpaired) electrons. The predicted octanol–water partition coefficient (Wildman–Crippen LogP) is 1.16. The lowest BCUT2D eigenvalue weighted by atomic mass is 10.2. The van der Waals surface area contributed by atoms with Gasteiger partial charge in [0.25, 0.3) is 0 Å². The highest BCUT2D eigenvalue weighted by molar-refractivity contribution is 5.87. The molecular formula is C11H16O4. The molecule has 84 valence electrons. The SMILES string of the molecule is C=C(C)C(=O)OC(=C)C1CCC(CO)O1. The van der Waals surface area contributed by atoms with E-state index in [0.717, 1.165) is 6.42 Å². The molecule has 1 fully saturated rings. The van der Waals surface area contributed by atoms with Gasteiger partial charge in [0.15, 0.2) is 0 Å². The highest BCUT2D eigenvalue weighted by Gasteiger charge is 2.28. The van der Waals surface area contributed by atoms with Crippen LogP contribution in [0.4, 0.5) is 0 Å². The number of carbonyl (C=O) groups is 1. The van der Waals surface area contributed by atoms with Gasteiger partial charge in [-0.05, 0) is 19.8 Å². The van der Waals surface area contributed by atoms with Crippen molar-refractivity contribution in [2.45, 2.75) is 32.0 Å². The van der Waals surface area contributed by atoms with Gasteiger partial charge >= 0.3 is 5.97 Å². The summed E-state index contributed by atoms with van der Waals surface area (Å²) in [4.78, 5) is 11.2. The summed E-state index contributed by atoms with van der Waals surface area (Å²) in [5, 5.41) is 8.86. The number of esters is 1. The summed E-state index contributed by atoms with van der Waals surface area (Å²) in [5.41, 5.74) is 0.327. The summed E-state index contributed by atoms with van der Waals surface area (Å²) in [6, 6.07) is 0. The topological polar surface area (TPSA) is 55.8 Å². The van der Waals surface area contributed by atoms with E-state index in [1.165, 1.54) is 0 Å². The molecule has 0 bridgehead atoms. The monoisotopic (exact) mass is 212 g/mol. The van der Waals surface area contributed by atoms with E-state index in [2.05, 4.69) is 13.2 Å². The minimum absolute atomic E-state index is 0.0157. The number of hydrogen-bond donors (Lipinski definition) is 1. The average Bonchev–Trinajstić information content (AvgIpc) is 2.65. The molecule has 0 aromatic carbocycles. The minimum Gasteiger partial charge on any atom is -0.426 e. The second kappa shape index (κ2) is 5.09. The fourth-order valence-corrected chi connectivity index (χ4v) is 1.35. The van der Waals surface area contributed by atoms with E-state index >= 15 is 0 Å². The van der Waals surface area contributed by atoms with Crippen molar-refractivity contribution >= 4 is 5.97 Å². The van der Waals surface area contributed by atoms with Gasteiger partial charge in [0.2, 0.25) is 0 Å². The standard InChI is InChI=1S/C11H16O4/c1-7(2)11(13)14-8(3)10-5-4-9(6-12)15-10/h9-10,12H,1,3-6H2,2H3. The van der Waals surface area contributed by atoms with Crippen LogP contribution in [0.2, 0.25) is 0 Å². The first-order chi connectivity index (χ1) is 7.04. The molecule has 1 saturated heterocycles. The Hall–Kier alpha value is -1.13. The Bertz CT molecular complexity index is 282. The zero-order chi connectivity index (χ0) is 11.4. The first-order valence-electron chi connectivity index (χ1n) is 4.87. The molecule has 4 nitrogen and oxygen atoms in total. The molecule has 2 unspecified atom stereocenters. The smallest absolute Gasteiger partial charge is 0.338 e. The van der Waals surface area contributed by atoms with E-state index in [4.69, 9.17) is 14.6 Å². The Balaban J connectivity index is 2.42. The second-order valence-corrected chi connectivity index (χ2v) is 3.64. The maximum Gasteiger partial charge on any atom is 0.338 e. The summed E-state index contributed by atoms with van der Waals surface area (Å²) in [6.07, 6.45) is 0.999. The van der Waals surface area contributed by atoms with Crippen molar-refractivity contribution in [3.63, 3.8) is 0 Å². The van der Waals surface area contributed by atoms with Gasteiger partial charge in [-0.1, -0.05) is 13.2 Å². The van der Waals surface area contributed by atoms with Crippen molar-refractivity contribution in [3.8, 4) is 0 Å². The fourth-order valence-electron chi connectivity index (χ4n) is 1.35. The van der Waals surface area contributed by atoms with Crippen molar-refractivity contribution in [2.24, 2.45) is 0 Å². The molecule has 1 aliphatic heterocycles. The first kappa shape index (κ1) is 11.9. The van der Waals surface area contributed by atoms with Crippen LogP contribution in [0.3, 0.4) is 0 Å². The quantitative estimate of drug-likeness (QED) is 0.431. The fraction of sp³-hybridized carbons (Fsp3) is 0.545. The number of ether oxygens (including phenoxy) is 2. The number of carbonyl (C=O) groups excluding carboxylic acids is 1. The summed E-state index contributed by atoms with van der Waals surface area (Å²) in [5.74, 6) is -0.199. The number of aliphatic hydroxyl groups excluding tert-OH is 1. The summed E-state index contributed by atoms with van der Waals surface area (Å²) in [7, 11) is 0. The maximum atomic E-state index is 11.2. The molecule has 0 aromatic heterocycles. The van der Waals surface area contributed by atoms with Crippen LogP contribution < -0.4 is 0 Å². The summed E-state index contributed by atoms with van der Waals surface area (Å²) < 4.78 is 10.3. The van der Waals surface area contributed by atoms with Crippen molar-refractivity contribution < 1.29 is 19.4 Å². The van der Waals surface area contributed by atoms with Gasteiger partial charge in [0, 0.05) is 5.57 Å². The number of hydrogen-bond acceptors (Lipinski definition) is 4. The van der Waals surface area contributed by atoms with Crippen LogP contribution in [0.5, 0.6) is 0 Å². The first-order valence-corrected chi connectivity index (χ1v) is 4.87. The molecule has 4 heteroatoms. The van der Waals surface area contributed by atoms with Crippen LogP contribution in [0.1, 0.15) is 19.8 Å². The minimum atomic E-state index is -0.490. The molecule has 15 heavy (non-hydrogen) atoms. The third-order valence-corrected chi connectivity index (χ3v) is 2.24. The lowest BCUT2D eigenvalue weighted by molar-refractivity contribution is -0.137. The lowest BCUT2D eigenvalue weighted by Gasteiger charge is -2.14. The molecule has 1 aliphatic rings. The van der Waals surface area contributed by atoms with Gasteiger partial charge < -0.3 is 14.6 Å². The summed E-state index contributed by atoms with van der Waals surface area (Å²) in [6.45, 7) is 8.66. The zero-order valence-electron chi connectivity index (χ0n) is 8.86. The molecule has 0 saturated carbocycles.